The number of hydrogen-bond donors (Lipinski definition) is 2. The molecule has 0 spiro atoms. The van der Waals surface area contributed by atoms with Crippen molar-refractivity contribution in [2.75, 3.05) is 13.2 Å². The Balaban J connectivity index is 1.97. The molecule has 2 unspecified atom stereocenters. The Hall–Kier alpha value is -0.470. The van der Waals surface area contributed by atoms with Crippen LogP contribution in [0.15, 0.2) is 16.3 Å². The van der Waals surface area contributed by atoms with Gasteiger partial charge in [-0.2, -0.15) is 0 Å². The van der Waals surface area contributed by atoms with Gasteiger partial charge < -0.3 is 10.5 Å². The van der Waals surface area contributed by atoms with Crippen LogP contribution in [-0.4, -0.2) is 27.7 Å². The summed E-state index contributed by atoms with van der Waals surface area (Å²) < 4.78 is 32.8. The monoisotopic (exact) mass is 304 g/mol. The Bertz CT molecular complexity index is 513. The molecule has 0 bridgehead atoms. The normalized spacial score (nSPS) is 23.9. The predicted molar refractivity (Wildman–Crippen MR) is 75.5 cm³/mol. The van der Waals surface area contributed by atoms with Gasteiger partial charge in [0.25, 0.3) is 0 Å². The highest BCUT2D eigenvalue weighted by Gasteiger charge is 2.28. The number of sulfonamides is 1. The molecule has 1 aliphatic rings. The van der Waals surface area contributed by atoms with Crippen LogP contribution in [0, 0.1) is 5.92 Å². The molecule has 0 saturated carbocycles. The van der Waals surface area contributed by atoms with E-state index >= 15 is 0 Å². The molecule has 0 aliphatic carbocycles. The average Bonchev–Trinajstić information content (AvgIpc) is 3.05. The molecule has 0 amide bonds. The van der Waals surface area contributed by atoms with Crippen molar-refractivity contribution in [3.8, 4) is 0 Å². The molecule has 1 aromatic heterocycles. The van der Waals surface area contributed by atoms with Crippen molar-refractivity contribution in [1.29, 1.82) is 0 Å². The highest BCUT2D eigenvalue weighted by Crippen LogP contribution is 2.24. The second-order valence-electron chi connectivity index (χ2n) is 4.64. The maximum absolute atomic E-state index is 12.1. The quantitative estimate of drug-likeness (QED) is 0.830. The first kappa shape index (κ1) is 14.9. The summed E-state index contributed by atoms with van der Waals surface area (Å²) >= 11 is 1.22. The lowest BCUT2D eigenvalue weighted by Crippen LogP contribution is -2.32. The van der Waals surface area contributed by atoms with Crippen molar-refractivity contribution < 1.29 is 13.2 Å². The van der Waals surface area contributed by atoms with E-state index in [2.05, 4.69) is 11.6 Å². The summed E-state index contributed by atoms with van der Waals surface area (Å²) in [7, 11) is -3.41. The van der Waals surface area contributed by atoms with E-state index in [9.17, 15) is 8.42 Å². The number of hydrogen-bond acceptors (Lipinski definition) is 5. The second-order valence-corrected chi connectivity index (χ2v) is 7.81. The van der Waals surface area contributed by atoms with Gasteiger partial charge >= 0.3 is 0 Å². The topological polar surface area (TPSA) is 81.4 Å². The zero-order valence-electron chi connectivity index (χ0n) is 11.0. The van der Waals surface area contributed by atoms with Crippen LogP contribution in [0.25, 0.3) is 0 Å². The van der Waals surface area contributed by atoms with Gasteiger partial charge in [-0.25, -0.2) is 13.1 Å². The van der Waals surface area contributed by atoms with Gasteiger partial charge in [0, 0.05) is 30.5 Å². The first-order chi connectivity index (χ1) is 9.06. The highest BCUT2D eigenvalue weighted by molar-refractivity contribution is 7.91. The molecule has 1 aromatic rings. The van der Waals surface area contributed by atoms with Gasteiger partial charge in [-0.15, -0.1) is 11.3 Å². The fourth-order valence-electron chi connectivity index (χ4n) is 2.28. The minimum atomic E-state index is -3.41. The summed E-state index contributed by atoms with van der Waals surface area (Å²) in [6.45, 7) is 3.59. The maximum atomic E-state index is 12.1. The van der Waals surface area contributed by atoms with E-state index in [-0.39, 0.29) is 12.0 Å². The molecule has 1 fully saturated rings. The molecule has 19 heavy (non-hydrogen) atoms. The van der Waals surface area contributed by atoms with Gasteiger partial charge in [0.15, 0.2) is 0 Å². The molecular weight excluding hydrogens is 284 g/mol. The minimum Gasteiger partial charge on any atom is -0.378 e. The minimum absolute atomic E-state index is 0.172. The largest absolute Gasteiger partial charge is 0.378 e. The zero-order valence-corrected chi connectivity index (χ0v) is 12.6. The number of nitrogens with two attached hydrogens (primary N) is 1. The van der Waals surface area contributed by atoms with E-state index in [0.717, 1.165) is 24.3 Å². The summed E-state index contributed by atoms with van der Waals surface area (Å²) in [5.41, 5.74) is 5.49. The van der Waals surface area contributed by atoms with E-state index < -0.39 is 10.0 Å². The maximum Gasteiger partial charge on any atom is 0.250 e. The van der Waals surface area contributed by atoms with Crippen molar-refractivity contribution in [1.82, 2.24) is 4.72 Å². The van der Waals surface area contributed by atoms with Crippen molar-refractivity contribution in [3.05, 3.63) is 17.0 Å². The van der Waals surface area contributed by atoms with Crippen LogP contribution in [0.5, 0.6) is 0 Å². The van der Waals surface area contributed by atoms with E-state index in [4.69, 9.17) is 10.5 Å². The molecule has 7 heteroatoms. The molecule has 2 atom stereocenters. The third kappa shape index (κ3) is 3.55. The Labute approximate surface area is 118 Å². The molecule has 2 heterocycles. The number of thiophene rings is 1. The van der Waals surface area contributed by atoms with E-state index in [1.165, 1.54) is 11.3 Å². The lowest BCUT2D eigenvalue weighted by atomic mass is 10.0. The summed E-state index contributed by atoms with van der Waals surface area (Å²) in [6.07, 6.45) is 2.01. The SMILES string of the molecule is CCC1OCCC1CNS(=O)(=O)c1ccc(CN)s1. The van der Waals surface area contributed by atoms with Crippen molar-refractivity contribution in [2.24, 2.45) is 11.7 Å². The molecule has 108 valence electrons. The van der Waals surface area contributed by atoms with Crippen molar-refractivity contribution in [3.63, 3.8) is 0 Å². The third-order valence-electron chi connectivity index (χ3n) is 3.39. The first-order valence-corrected chi connectivity index (χ1v) is 8.77. The Morgan fingerprint density at radius 3 is 2.95 bits per heavy atom. The molecule has 5 nitrogen and oxygen atoms in total. The average molecular weight is 304 g/mol. The summed E-state index contributed by atoms with van der Waals surface area (Å²) in [4.78, 5) is 0.871. The second kappa shape index (κ2) is 6.32. The van der Waals surface area contributed by atoms with Gasteiger partial charge in [-0.1, -0.05) is 6.92 Å². The van der Waals surface area contributed by atoms with Gasteiger partial charge in [0.1, 0.15) is 4.21 Å². The molecule has 2 rings (SSSR count). The van der Waals surface area contributed by atoms with E-state index in [0.29, 0.717) is 17.3 Å². The zero-order chi connectivity index (χ0) is 13.9. The smallest absolute Gasteiger partial charge is 0.250 e. The molecule has 1 aliphatic heterocycles. The summed E-state index contributed by atoms with van der Waals surface area (Å²) in [5.74, 6) is 0.272. The standard InChI is InChI=1S/C12H20N2O3S2/c1-2-11-9(5-6-17-11)8-14-19(15,16)12-4-3-10(7-13)18-12/h3-4,9,11,14H,2,5-8,13H2,1H3. The summed E-state index contributed by atoms with van der Waals surface area (Å²) in [5, 5.41) is 0. The number of ether oxygens (including phenoxy) is 1. The fourth-order valence-corrected chi connectivity index (χ4v) is 4.65. The number of rotatable bonds is 6. The van der Waals surface area contributed by atoms with Crippen molar-refractivity contribution in [2.45, 2.75) is 36.6 Å². The van der Waals surface area contributed by atoms with Gasteiger partial charge in [0.05, 0.1) is 6.10 Å². The third-order valence-corrected chi connectivity index (χ3v) is 6.41. The van der Waals surface area contributed by atoms with Crippen LogP contribution >= 0.6 is 11.3 Å². The van der Waals surface area contributed by atoms with Crippen LogP contribution in [-0.2, 0) is 21.3 Å². The van der Waals surface area contributed by atoms with Crippen LogP contribution in [0.4, 0.5) is 0 Å². The molecule has 1 saturated heterocycles. The lowest BCUT2D eigenvalue weighted by Gasteiger charge is -2.16. The van der Waals surface area contributed by atoms with E-state index in [1.807, 2.05) is 0 Å². The van der Waals surface area contributed by atoms with E-state index in [1.54, 1.807) is 12.1 Å². The first-order valence-electron chi connectivity index (χ1n) is 6.47. The Morgan fingerprint density at radius 2 is 2.32 bits per heavy atom. The fraction of sp³-hybridized carbons (Fsp3) is 0.667. The van der Waals surface area contributed by atoms with Gasteiger partial charge in [-0.3, -0.25) is 0 Å². The van der Waals surface area contributed by atoms with Gasteiger partial charge in [0.2, 0.25) is 10.0 Å². The van der Waals surface area contributed by atoms with Crippen LogP contribution in [0.1, 0.15) is 24.6 Å². The molecular formula is C12H20N2O3S2. The Kier molecular flexibility index (Phi) is 4.97. The van der Waals surface area contributed by atoms with Crippen LogP contribution in [0.3, 0.4) is 0 Å². The predicted octanol–water partition coefficient (Wildman–Crippen LogP) is 1.30. The Morgan fingerprint density at radius 1 is 1.53 bits per heavy atom. The van der Waals surface area contributed by atoms with Crippen molar-refractivity contribution >= 4 is 21.4 Å². The van der Waals surface area contributed by atoms with Crippen LogP contribution in [0.2, 0.25) is 0 Å². The summed E-state index contributed by atoms with van der Waals surface area (Å²) in [6, 6.07) is 3.37. The highest BCUT2D eigenvalue weighted by atomic mass is 32.2. The van der Waals surface area contributed by atoms with Gasteiger partial charge in [-0.05, 0) is 25.0 Å². The molecule has 0 radical (unpaired) electrons. The van der Waals surface area contributed by atoms with Crippen LogP contribution < -0.4 is 10.5 Å². The lowest BCUT2D eigenvalue weighted by molar-refractivity contribution is 0.0884. The number of nitrogens with one attached hydrogen (secondary N) is 1. The molecule has 0 aromatic carbocycles. The molecule has 3 N–H and O–H groups in total.